The quantitative estimate of drug-likeness (QED) is 0.600. The van der Waals surface area contributed by atoms with E-state index in [0.717, 1.165) is 0 Å². The summed E-state index contributed by atoms with van der Waals surface area (Å²) in [6.45, 7) is 1.75. The maximum atomic E-state index is 12.7. The maximum absolute atomic E-state index is 12.7. The molecule has 0 aliphatic rings. The van der Waals surface area contributed by atoms with Crippen LogP contribution in [-0.2, 0) is 10.1 Å². The van der Waals surface area contributed by atoms with Gasteiger partial charge in [-0.25, -0.2) is 0 Å². The maximum Gasteiger partial charge on any atom is 0.340 e. The van der Waals surface area contributed by atoms with Crippen LogP contribution in [0.15, 0.2) is 47.4 Å². The van der Waals surface area contributed by atoms with E-state index in [1.807, 2.05) is 6.07 Å². The Labute approximate surface area is 155 Å². The Balaban J connectivity index is 2.11. The van der Waals surface area contributed by atoms with Gasteiger partial charge in [0.05, 0.1) is 22.7 Å². The van der Waals surface area contributed by atoms with Gasteiger partial charge in [0.2, 0.25) is 0 Å². The molecule has 3 rings (SSSR count). The van der Waals surface area contributed by atoms with Crippen LogP contribution < -0.4 is 8.92 Å². The molecule has 0 saturated heterocycles. The highest BCUT2D eigenvalue weighted by atomic mass is 35.5. The fourth-order valence-electron chi connectivity index (χ4n) is 2.36. The zero-order chi connectivity index (χ0) is 18.2. The molecule has 2 aromatic carbocycles. The Morgan fingerprint density at radius 2 is 1.72 bits per heavy atom. The number of benzene rings is 2. The predicted octanol–water partition coefficient (Wildman–Crippen LogP) is 4.63. The van der Waals surface area contributed by atoms with Crippen LogP contribution in [0.5, 0.6) is 11.5 Å². The topological polar surface area (TPSA) is 65.5 Å². The highest BCUT2D eigenvalue weighted by molar-refractivity contribution is 7.87. The first kappa shape index (κ1) is 17.8. The Kier molecular flexibility index (Phi) is 4.77. The molecule has 0 atom stereocenters. The summed E-state index contributed by atoms with van der Waals surface area (Å²) in [7, 11) is -2.79. The van der Waals surface area contributed by atoms with Crippen LogP contribution in [0.1, 0.15) is 5.69 Å². The van der Waals surface area contributed by atoms with E-state index in [-0.39, 0.29) is 26.4 Å². The van der Waals surface area contributed by atoms with Crippen molar-refractivity contribution in [3.05, 3.63) is 58.2 Å². The number of fused-ring (bicyclic) bond motifs is 1. The smallest absolute Gasteiger partial charge is 0.340 e. The lowest BCUT2D eigenvalue weighted by Gasteiger charge is -2.12. The van der Waals surface area contributed by atoms with Crippen LogP contribution in [0.3, 0.4) is 0 Å². The van der Waals surface area contributed by atoms with Crippen molar-refractivity contribution >= 4 is 44.2 Å². The second-order valence-corrected chi connectivity index (χ2v) is 7.56. The average molecular weight is 398 g/mol. The number of aryl methyl sites for hydroxylation is 1. The first-order valence-electron chi connectivity index (χ1n) is 7.16. The zero-order valence-corrected chi connectivity index (χ0v) is 15.6. The van der Waals surface area contributed by atoms with Crippen molar-refractivity contribution in [3.63, 3.8) is 0 Å². The van der Waals surface area contributed by atoms with Gasteiger partial charge in [0, 0.05) is 23.2 Å². The van der Waals surface area contributed by atoms with Crippen molar-refractivity contribution in [1.29, 1.82) is 0 Å². The largest absolute Gasteiger partial charge is 0.495 e. The molecule has 0 N–H and O–H groups in total. The molecule has 3 aromatic rings. The molecular formula is C17H13Cl2NO4S. The van der Waals surface area contributed by atoms with E-state index in [0.29, 0.717) is 16.6 Å². The van der Waals surface area contributed by atoms with E-state index in [2.05, 4.69) is 4.98 Å². The minimum absolute atomic E-state index is 0.0451. The number of ether oxygens (including phenoxy) is 1. The molecule has 8 heteroatoms. The molecule has 1 aromatic heterocycles. The summed E-state index contributed by atoms with van der Waals surface area (Å²) in [5, 5.41) is 0.647. The van der Waals surface area contributed by atoms with E-state index in [4.69, 9.17) is 32.1 Å². The number of nitrogens with zero attached hydrogens (tertiary/aromatic N) is 1. The van der Waals surface area contributed by atoms with Gasteiger partial charge in [-0.15, -0.1) is 0 Å². The van der Waals surface area contributed by atoms with Crippen molar-refractivity contribution in [3.8, 4) is 11.5 Å². The van der Waals surface area contributed by atoms with Gasteiger partial charge in [0.1, 0.15) is 10.6 Å². The van der Waals surface area contributed by atoms with E-state index >= 15 is 0 Å². The van der Waals surface area contributed by atoms with Gasteiger partial charge in [0.25, 0.3) is 0 Å². The molecule has 0 saturated carbocycles. The summed E-state index contributed by atoms with van der Waals surface area (Å²) < 4.78 is 35.8. The number of halogens is 2. The molecule has 25 heavy (non-hydrogen) atoms. The lowest BCUT2D eigenvalue weighted by molar-refractivity contribution is 0.414. The van der Waals surface area contributed by atoms with Gasteiger partial charge < -0.3 is 8.92 Å². The molecule has 0 amide bonds. The first-order valence-corrected chi connectivity index (χ1v) is 9.32. The van der Waals surface area contributed by atoms with Crippen LogP contribution in [-0.4, -0.2) is 20.5 Å². The van der Waals surface area contributed by atoms with E-state index in [1.54, 1.807) is 31.2 Å². The molecule has 5 nitrogen and oxygen atoms in total. The van der Waals surface area contributed by atoms with Gasteiger partial charge in [-0.05, 0) is 25.1 Å². The number of pyridine rings is 1. The third kappa shape index (κ3) is 3.51. The lowest BCUT2D eigenvalue weighted by atomic mass is 10.2. The molecular weight excluding hydrogens is 385 g/mol. The summed E-state index contributed by atoms with van der Waals surface area (Å²) in [6, 6.07) is 11.2. The number of aromatic nitrogens is 1. The van der Waals surface area contributed by atoms with Crippen molar-refractivity contribution in [2.75, 3.05) is 7.11 Å². The monoisotopic (exact) mass is 397 g/mol. The van der Waals surface area contributed by atoms with Crippen LogP contribution in [0.2, 0.25) is 10.0 Å². The van der Waals surface area contributed by atoms with Crippen molar-refractivity contribution in [1.82, 2.24) is 4.98 Å². The minimum Gasteiger partial charge on any atom is -0.495 e. The van der Waals surface area contributed by atoms with Crippen molar-refractivity contribution < 1.29 is 17.3 Å². The Morgan fingerprint density at radius 3 is 2.44 bits per heavy atom. The number of rotatable bonds is 4. The number of hydrogen-bond acceptors (Lipinski definition) is 5. The Bertz CT molecular complexity index is 1070. The van der Waals surface area contributed by atoms with E-state index in [9.17, 15) is 8.42 Å². The highest BCUT2D eigenvalue weighted by Crippen LogP contribution is 2.35. The summed E-state index contributed by atoms with van der Waals surface area (Å²) in [5.41, 5.74) is 1.26. The second-order valence-electron chi connectivity index (χ2n) is 5.23. The third-order valence-corrected chi connectivity index (χ3v) is 5.48. The van der Waals surface area contributed by atoms with Gasteiger partial charge in [-0.1, -0.05) is 35.3 Å². The van der Waals surface area contributed by atoms with Crippen LogP contribution in [0, 0.1) is 6.92 Å². The van der Waals surface area contributed by atoms with Crippen molar-refractivity contribution in [2.45, 2.75) is 11.8 Å². The molecule has 0 spiro atoms. The summed E-state index contributed by atoms with van der Waals surface area (Å²) >= 11 is 12.1. The van der Waals surface area contributed by atoms with E-state index in [1.165, 1.54) is 19.2 Å². The molecule has 0 bridgehead atoms. The number of hydrogen-bond donors (Lipinski definition) is 0. The fraction of sp³-hybridized carbons (Fsp3) is 0.118. The average Bonchev–Trinajstić information content (AvgIpc) is 2.56. The Hall–Kier alpha value is -2.02. The molecule has 1 heterocycles. The van der Waals surface area contributed by atoms with Gasteiger partial charge >= 0.3 is 10.1 Å². The predicted molar refractivity (Wildman–Crippen MR) is 97.3 cm³/mol. The first-order chi connectivity index (χ1) is 11.8. The highest BCUT2D eigenvalue weighted by Gasteiger charge is 2.24. The summed E-state index contributed by atoms with van der Waals surface area (Å²) in [5.74, 6) is 0.446. The van der Waals surface area contributed by atoms with Crippen LogP contribution in [0.4, 0.5) is 0 Å². The second kappa shape index (κ2) is 6.71. The van der Waals surface area contributed by atoms with E-state index < -0.39 is 10.1 Å². The number of para-hydroxylation sites is 1. The standard InChI is InChI=1S/C17H13Cl2NO4S/c1-10-7-15(11-5-3-4-6-14(11)20-10)24-25(21,22)17-9-12(18)16(23-2)8-13(17)19/h3-9H,1-2H3. The normalized spacial score (nSPS) is 11.5. The summed E-state index contributed by atoms with van der Waals surface area (Å²) in [4.78, 5) is 4.12. The van der Waals surface area contributed by atoms with Crippen molar-refractivity contribution in [2.24, 2.45) is 0 Å². The van der Waals surface area contributed by atoms with Crippen LogP contribution >= 0.6 is 23.2 Å². The zero-order valence-electron chi connectivity index (χ0n) is 13.3. The minimum atomic E-state index is -4.20. The summed E-state index contributed by atoms with van der Waals surface area (Å²) in [6.07, 6.45) is 0. The molecule has 0 fully saturated rings. The van der Waals surface area contributed by atoms with Crippen LogP contribution in [0.25, 0.3) is 10.9 Å². The molecule has 0 aliphatic carbocycles. The Morgan fingerprint density at radius 1 is 1.00 bits per heavy atom. The third-order valence-electron chi connectivity index (χ3n) is 3.48. The molecule has 0 aliphatic heterocycles. The lowest BCUT2D eigenvalue weighted by Crippen LogP contribution is -2.11. The molecule has 0 radical (unpaired) electrons. The fourth-order valence-corrected chi connectivity index (χ4v) is 4.13. The van der Waals surface area contributed by atoms with Gasteiger partial charge in [0.15, 0.2) is 5.75 Å². The SMILES string of the molecule is COc1cc(Cl)c(S(=O)(=O)Oc2cc(C)nc3ccccc23)cc1Cl. The number of methoxy groups -OCH3 is 1. The van der Waals surface area contributed by atoms with Gasteiger partial charge in [-0.3, -0.25) is 4.98 Å². The van der Waals surface area contributed by atoms with Gasteiger partial charge in [-0.2, -0.15) is 8.42 Å². The molecule has 130 valence electrons. The molecule has 0 unspecified atom stereocenters.